The van der Waals surface area contributed by atoms with Crippen molar-refractivity contribution in [2.75, 3.05) is 7.11 Å². The van der Waals surface area contributed by atoms with Crippen molar-refractivity contribution in [2.45, 2.75) is 12.0 Å². The minimum Gasteiger partial charge on any atom is -0.493 e. The van der Waals surface area contributed by atoms with Crippen LogP contribution < -0.4 is 5.73 Å². The van der Waals surface area contributed by atoms with E-state index in [0.29, 0.717) is 0 Å². The van der Waals surface area contributed by atoms with Gasteiger partial charge in [-0.2, -0.15) is 0 Å². The van der Waals surface area contributed by atoms with Gasteiger partial charge in [-0.1, -0.05) is 6.07 Å². The van der Waals surface area contributed by atoms with Gasteiger partial charge in [0.05, 0.1) is 13.5 Å². The van der Waals surface area contributed by atoms with Gasteiger partial charge >= 0.3 is 5.54 Å². The highest BCUT2D eigenvalue weighted by Crippen LogP contribution is 2.40. The number of carbonyl (C=O) groups excluding carboxylic acids is 1. The van der Waals surface area contributed by atoms with E-state index in [2.05, 4.69) is 4.98 Å². The predicted molar refractivity (Wildman–Crippen MR) is 69.9 cm³/mol. The molecule has 2 rings (SSSR count). The number of amides is 1. The molecule has 1 aliphatic rings. The molecule has 1 heterocycles. The molecular formula is C13H13N3O4. The van der Waals surface area contributed by atoms with Gasteiger partial charge in [0.1, 0.15) is 5.69 Å². The number of rotatable bonds is 4. The number of methoxy groups -OCH3 is 1. The molecule has 0 radical (unpaired) electrons. The first-order valence-corrected chi connectivity index (χ1v) is 5.83. The van der Waals surface area contributed by atoms with Crippen LogP contribution >= 0.6 is 0 Å². The number of ether oxygens (including phenoxy) is 1. The normalized spacial score (nSPS) is 21.6. The SMILES string of the molecule is COC1=CC=C(C(N)=O)CC1(c1ccccn1)[N+](=O)[O-]. The standard InChI is InChI=1S/C13H13N3O4/c1-20-11-6-5-9(12(14)17)8-13(11,16(18)19)10-4-2-3-7-15-10/h2-7H,8H2,1H3,(H2,14,17). The second-order valence-electron chi connectivity index (χ2n) is 4.30. The van der Waals surface area contributed by atoms with Crippen LogP contribution in [0.25, 0.3) is 0 Å². The fourth-order valence-electron chi connectivity index (χ4n) is 2.21. The van der Waals surface area contributed by atoms with Gasteiger partial charge in [-0.05, 0) is 24.3 Å². The van der Waals surface area contributed by atoms with Crippen molar-refractivity contribution >= 4 is 5.91 Å². The Morgan fingerprint density at radius 2 is 2.25 bits per heavy atom. The van der Waals surface area contributed by atoms with E-state index in [0.717, 1.165) is 0 Å². The molecule has 104 valence electrons. The molecule has 0 aromatic carbocycles. The quantitative estimate of drug-likeness (QED) is 0.648. The van der Waals surface area contributed by atoms with E-state index in [1.807, 2.05) is 0 Å². The lowest BCUT2D eigenvalue weighted by Gasteiger charge is -2.28. The summed E-state index contributed by atoms with van der Waals surface area (Å²) in [7, 11) is 1.34. The van der Waals surface area contributed by atoms with E-state index in [4.69, 9.17) is 10.5 Å². The molecular weight excluding hydrogens is 262 g/mol. The maximum atomic E-state index is 11.7. The van der Waals surface area contributed by atoms with Crippen LogP contribution in [0.15, 0.2) is 47.9 Å². The molecule has 1 unspecified atom stereocenters. The second-order valence-corrected chi connectivity index (χ2v) is 4.30. The van der Waals surface area contributed by atoms with Crippen molar-refractivity contribution in [2.24, 2.45) is 5.73 Å². The van der Waals surface area contributed by atoms with Crippen molar-refractivity contribution in [1.82, 2.24) is 4.98 Å². The van der Waals surface area contributed by atoms with Gasteiger partial charge in [-0.25, -0.2) is 0 Å². The van der Waals surface area contributed by atoms with Gasteiger partial charge in [0.25, 0.3) is 0 Å². The number of carbonyl (C=O) groups is 1. The number of hydrogen-bond donors (Lipinski definition) is 1. The van der Waals surface area contributed by atoms with Crippen LogP contribution in [-0.4, -0.2) is 22.9 Å². The van der Waals surface area contributed by atoms with Crippen LogP contribution in [0.1, 0.15) is 12.1 Å². The van der Waals surface area contributed by atoms with Gasteiger partial charge in [0, 0.05) is 16.7 Å². The van der Waals surface area contributed by atoms with Crippen LogP contribution in [0.4, 0.5) is 0 Å². The molecule has 7 heteroatoms. The molecule has 1 aliphatic carbocycles. The highest BCUT2D eigenvalue weighted by molar-refractivity contribution is 5.92. The summed E-state index contributed by atoms with van der Waals surface area (Å²) in [4.78, 5) is 26.6. The van der Waals surface area contributed by atoms with Gasteiger partial charge in [-0.3, -0.25) is 19.9 Å². The molecule has 1 atom stereocenters. The molecule has 1 amide bonds. The molecule has 0 saturated carbocycles. The summed E-state index contributed by atoms with van der Waals surface area (Å²) in [6, 6.07) is 4.82. The predicted octanol–water partition coefficient (Wildman–Crippen LogP) is 0.899. The van der Waals surface area contributed by atoms with Gasteiger partial charge < -0.3 is 10.5 Å². The zero-order valence-electron chi connectivity index (χ0n) is 10.8. The molecule has 20 heavy (non-hydrogen) atoms. The number of aromatic nitrogens is 1. The Balaban J connectivity index is 2.64. The number of hydrogen-bond acceptors (Lipinski definition) is 5. The summed E-state index contributed by atoms with van der Waals surface area (Å²) in [5, 5.41) is 11.7. The van der Waals surface area contributed by atoms with E-state index >= 15 is 0 Å². The molecule has 0 fully saturated rings. The third kappa shape index (κ3) is 2.03. The third-order valence-electron chi connectivity index (χ3n) is 3.23. The zero-order valence-corrected chi connectivity index (χ0v) is 10.8. The monoisotopic (exact) mass is 275 g/mol. The highest BCUT2D eigenvalue weighted by Gasteiger charge is 2.54. The summed E-state index contributed by atoms with van der Waals surface area (Å²) < 4.78 is 5.13. The molecule has 2 N–H and O–H groups in total. The Morgan fingerprint density at radius 3 is 2.75 bits per heavy atom. The minimum absolute atomic E-state index is 0.117. The summed E-state index contributed by atoms with van der Waals surface area (Å²) in [6.07, 6.45) is 4.09. The van der Waals surface area contributed by atoms with E-state index < -0.39 is 16.4 Å². The number of nitrogens with zero attached hydrogens (tertiary/aromatic N) is 2. The Labute approximate surface area is 114 Å². The van der Waals surface area contributed by atoms with Gasteiger partial charge in [0.2, 0.25) is 5.91 Å². The summed E-state index contributed by atoms with van der Waals surface area (Å²) in [5.74, 6) is -0.579. The van der Waals surface area contributed by atoms with Crippen LogP contribution in [0.2, 0.25) is 0 Å². The number of allylic oxidation sites excluding steroid dienone is 2. The molecule has 7 nitrogen and oxygen atoms in total. The number of nitrogens with two attached hydrogens (primary N) is 1. The maximum Gasteiger partial charge on any atom is 0.323 e. The number of nitro groups is 1. The number of pyridine rings is 1. The lowest BCUT2D eigenvalue weighted by molar-refractivity contribution is -0.573. The van der Waals surface area contributed by atoms with Crippen molar-refractivity contribution in [3.05, 3.63) is 63.7 Å². The van der Waals surface area contributed by atoms with E-state index in [9.17, 15) is 14.9 Å². The van der Waals surface area contributed by atoms with Gasteiger partial charge in [-0.15, -0.1) is 0 Å². The van der Waals surface area contributed by atoms with Crippen molar-refractivity contribution < 1.29 is 14.5 Å². The third-order valence-corrected chi connectivity index (χ3v) is 3.23. The molecule has 0 bridgehead atoms. The van der Waals surface area contributed by atoms with Crippen LogP contribution in [0, 0.1) is 10.1 Å². The first kappa shape index (κ1) is 13.7. The van der Waals surface area contributed by atoms with E-state index in [1.165, 1.54) is 31.5 Å². The lowest BCUT2D eigenvalue weighted by Crippen LogP contribution is -2.42. The Hall–Kier alpha value is -2.70. The van der Waals surface area contributed by atoms with Crippen molar-refractivity contribution in [1.29, 1.82) is 0 Å². The minimum atomic E-state index is -1.73. The average Bonchev–Trinajstić information content (AvgIpc) is 2.46. The summed E-state index contributed by atoms with van der Waals surface area (Å²) in [6.45, 7) is 0. The highest BCUT2D eigenvalue weighted by atomic mass is 16.6. The van der Waals surface area contributed by atoms with E-state index in [1.54, 1.807) is 12.1 Å². The Morgan fingerprint density at radius 1 is 1.50 bits per heavy atom. The number of primary amides is 1. The smallest absolute Gasteiger partial charge is 0.323 e. The second kappa shape index (κ2) is 5.12. The molecule has 0 saturated heterocycles. The van der Waals surface area contributed by atoms with E-state index in [-0.39, 0.29) is 23.4 Å². The average molecular weight is 275 g/mol. The van der Waals surface area contributed by atoms with Crippen molar-refractivity contribution in [3.63, 3.8) is 0 Å². The first-order valence-electron chi connectivity index (χ1n) is 5.83. The zero-order chi connectivity index (χ0) is 14.8. The van der Waals surface area contributed by atoms with Crippen LogP contribution in [0.3, 0.4) is 0 Å². The fourth-order valence-corrected chi connectivity index (χ4v) is 2.21. The molecule has 1 aromatic rings. The maximum absolute atomic E-state index is 11.7. The van der Waals surface area contributed by atoms with Crippen LogP contribution in [-0.2, 0) is 15.1 Å². The largest absolute Gasteiger partial charge is 0.493 e. The topological polar surface area (TPSA) is 108 Å². The van der Waals surface area contributed by atoms with Crippen molar-refractivity contribution in [3.8, 4) is 0 Å². The molecule has 1 aromatic heterocycles. The first-order chi connectivity index (χ1) is 9.52. The summed E-state index contributed by atoms with van der Waals surface area (Å²) in [5.41, 5.74) is 3.87. The Bertz CT molecular complexity index is 609. The van der Waals surface area contributed by atoms with Gasteiger partial charge in [0.15, 0.2) is 5.76 Å². The molecule has 0 aliphatic heterocycles. The fraction of sp³-hybridized carbons (Fsp3) is 0.231. The van der Waals surface area contributed by atoms with Crippen LogP contribution in [0.5, 0.6) is 0 Å². The summed E-state index contributed by atoms with van der Waals surface area (Å²) >= 11 is 0. The lowest BCUT2D eigenvalue weighted by atomic mass is 9.81. The molecule has 0 spiro atoms. The Kier molecular flexibility index (Phi) is 3.51.